The number of likely N-dealkylation sites (N-methyl/N-ethyl adjacent to an activating group) is 1. The number of aliphatic imine (C=N–C) groups is 1. The molecule has 3 aromatic rings. The zero-order chi connectivity index (χ0) is 21.2. The van der Waals surface area contributed by atoms with E-state index < -0.39 is 22.5 Å². The summed E-state index contributed by atoms with van der Waals surface area (Å²) in [5, 5.41) is 19.8. The predicted octanol–water partition coefficient (Wildman–Crippen LogP) is 1.79. The summed E-state index contributed by atoms with van der Waals surface area (Å²) in [5.74, 6) is -1.33. The van der Waals surface area contributed by atoms with Crippen molar-refractivity contribution in [2.24, 2.45) is 10.7 Å². The monoisotopic (exact) mass is 416 g/mol. The Bertz CT molecular complexity index is 1200. The van der Waals surface area contributed by atoms with Crippen LogP contribution in [0.25, 0.3) is 10.9 Å². The molecule has 0 aliphatic rings. The average Bonchev–Trinajstić information content (AvgIpc) is 3.01. The van der Waals surface area contributed by atoms with Gasteiger partial charge in [-0.3, -0.25) is 9.79 Å². The Morgan fingerprint density at radius 2 is 2.00 bits per heavy atom. The molecule has 3 rings (SSSR count). The maximum atomic E-state index is 12.5. The number of rotatable bonds is 7. The summed E-state index contributed by atoms with van der Waals surface area (Å²) in [7, 11) is -2.78. The van der Waals surface area contributed by atoms with Crippen molar-refractivity contribution in [1.29, 1.82) is 0 Å². The van der Waals surface area contributed by atoms with Crippen molar-refractivity contribution in [2.75, 3.05) is 13.6 Å². The molecule has 29 heavy (non-hydrogen) atoms. The number of fused-ring (bicyclic) bond motifs is 1. The highest BCUT2D eigenvalue weighted by atomic mass is 32.2. The van der Waals surface area contributed by atoms with Gasteiger partial charge in [-0.15, -0.1) is 0 Å². The second-order valence-corrected chi connectivity index (χ2v) is 8.39. The number of hydrogen-bond donors (Lipinski definition) is 4. The predicted molar refractivity (Wildman–Crippen MR) is 109 cm³/mol. The van der Waals surface area contributed by atoms with Gasteiger partial charge in [-0.25, -0.2) is 8.42 Å². The van der Waals surface area contributed by atoms with Crippen LogP contribution in [-0.4, -0.2) is 53.7 Å². The van der Waals surface area contributed by atoms with E-state index in [1.54, 1.807) is 12.1 Å². The molecule has 5 N–H and O–H groups in total. The van der Waals surface area contributed by atoms with Crippen LogP contribution >= 0.6 is 0 Å². The van der Waals surface area contributed by atoms with Gasteiger partial charge in [0.2, 0.25) is 10.0 Å². The number of sulfonamides is 1. The lowest BCUT2D eigenvalue weighted by molar-refractivity contribution is -0.137. The van der Waals surface area contributed by atoms with Crippen molar-refractivity contribution in [3.05, 3.63) is 53.6 Å². The van der Waals surface area contributed by atoms with Crippen molar-refractivity contribution in [1.82, 2.24) is 9.29 Å². The Morgan fingerprint density at radius 1 is 1.28 bits per heavy atom. The fourth-order valence-corrected chi connectivity index (χ4v) is 4.11. The van der Waals surface area contributed by atoms with Crippen LogP contribution in [0.3, 0.4) is 0 Å². The first-order chi connectivity index (χ1) is 13.7. The molecule has 2 aromatic carbocycles. The van der Waals surface area contributed by atoms with Gasteiger partial charge in [-0.2, -0.15) is 4.31 Å². The molecule has 9 nitrogen and oxygen atoms in total. The molecule has 0 amide bonds. The van der Waals surface area contributed by atoms with Crippen LogP contribution in [0.1, 0.15) is 11.1 Å². The SMILES string of the molecule is CN(CC(=O)O)S(=O)(=O)c1cccc(N=Cc2c(O)[nH]c3cccc(CN)c23)c1. The number of carboxylic acid groups (broad SMARTS) is 1. The van der Waals surface area contributed by atoms with Gasteiger partial charge in [0.15, 0.2) is 5.88 Å². The van der Waals surface area contributed by atoms with Crippen LogP contribution < -0.4 is 5.73 Å². The van der Waals surface area contributed by atoms with Gasteiger partial charge >= 0.3 is 5.97 Å². The molecule has 0 bridgehead atoms. The Hall–Kier alpha value is -3.21. The fourth-order valence-electron chi connectivity index (χ4n) is 2.95. The van der Waals surface area contributed by atoms with Crippen LogP contribution in [0.15, 0.2) is 52.4 Å². The fraction of sp³-hybridized carbons (Fsp3) is 0.158. The number of aromatic nitrogens is 1. The Morgan fingerprint density at radius 3 is 2.69 bits per heavy atom. The van der Waals surface area contributed by atoms with Crippen molar-refractivity contribution in [2.45, 2.75) is 11.4 Å². The van der Waals surface area contributed by atoms with Crippen molar-refractivity contribution in [3.63, 3.8) is 0 Å². The summed E-state index contributed by atoms with van der Waals surface area (Å²) in [6, 6.07) is 11.3. The molecule has 0 aliphatic heterocycles. The molecule has 0 saturated heterocycles. The summed E-state index contributed by atoms with van der Waals surface area (Å²) in [6.07, 6.45) is 1.43. The standard InChI is InChI=1S/C19H20N4O5S/c1-23(11-17(24)25)29(27,28)14-6-3-5-13(8-14)21-10-15-18-12(9-20)4-2-7-16(18)22-19(15)26/h2-8,10,22,26H,9,11,20H2,1H3,(H,24,25). The van der Waals surface area contributed by atoms with Crippen LogP contribution in [0.5, 0.6) is 5.88 Å². The van der Waals surface area contributed by atoms with E-state index in [0.29, 0.717) is 16.8 Å². The number of carboxylic acids is 1. The van der Waals surface area contributed by atoms with Crippen molar-refractivity contribution < 1.29 is 23.4 Å². The quantitative estimate of drug-likeness (QED) is 0.431. The Balaban J connectivity index is 1.98. The van der Waals surface area contributed by atoms with Gasteiger partial charge in [0.1, 0.15) is 6.54 Å². The lowest BCUT2D eigenvalue weighted by Crippen LogP contribution is -2.31. The summed E-state index contributed by atoms with van der Waals surface area (Å²) in [4.78, 5) is 17.9. The molecule has 0 fully saturated rings. The summed E-state index contributed by atoms with van der Waals surface area (Å²) >= 11 is 0. The number of aromatic amines is 1. The molecule has 0 unspecified atom stereocenters. The number of nitrogens with two attached hydrogens (primary N) is 1. The number of carbonyl (C=O) groups is 1. The first-order valence-electron chi connectivity index (χ1n) is 8.59. The summed E-state index contributed by atoms with van der Waals surface area (Å²) in [6.45, 7) is -0.375. The number of benzene rings is 2. The van der Waals surface area contributed by atoms with Gasteiger partial charge in [0.25, 0.3) is 0 Å². The first-order valence-corrected chi connectivity index (χ1v) is 10.0. The number of nitrogens with one attached hydrogen (secondary N) is 1. The number of nitrogens with zero attached hydrogens (tertiary/aromatic N) is 2. The third-order valence-electron chi connectivity index (χ3n) is 4.37. The molecule has 10 heteroatoms. The number of aliphatic carboxylic acids is 1. The highest BCUT2D eigenvalue weighted by Crippen LogP contribution is 2.29. The minimum atomic E-state index is -3.98. The van der Waals surface area contributed by atoms with E-state index in [0.717, 1.165) is 15.3 Å². The zero-order valence-corrected chi connectivity index (χ0v) is 16.3. The van der Waals surface area contributed by atoms with Crippen LogP contribution in [0.2, 0.25) is 0 Å². The van der Waals surface area contributed by atoms with Crippen LogP contribution in [0, 0.1) is 0 Å². The molecule has 1 aromatic heterocycles. The minimum absolute atomic E-state index is 0.0744. The maximum absolute atomic E-state index is 12.5. The second-order valence-electron chi connectivity index (χ2n) is 6.34. The number of aromatic hydroxyl groups is 1. The highest BCUT2D eigenvalue weighted by molar-refractivity contribution is 7.89. The zero-order valence-electron chi connectivity index (χ0n) is 15.5. The minimum Gasteiger partial charge on any atom is -0.494 e. The van der Waals surface area contributed by atoms with Crippen molar-refractivity contribution >= 4 is 38.8 Å². The van der Waals surface area contributed by atoms with Crippen LogP contribution in [-0.2, 0) is 21.4 Å². The van der Waals surface area contributed by atoms with E-state index in [4.69, 9.17) is 10.8 Å². The van der Waals surface area contributed by atoms with Gasteiger partial charge in [0, 0.05) is 30.7 Å². The summed E-state index contributed by atoms with van der Waals surface area (Å²) in [5.41, 5.74) is 8.08. The first kappa shape index (κ1) is 20.5. The van der Waals surface area contributed by atoms with E-state index >= 15 is 0 Å². The summed E-state index contributed by atoms with van der Waals surface area (Å²) < 4.78 is 25.8. The topological polar surface area (TPSA) is 149 Å². The maximum Gasteiger partial charge on any atom is 0.318 e. The third kappa shape index (κ3) is 4.14. The molecular weight excluding hydrogens is 396 g/mol. The lowest BCUT2D eigenvalue weighted by Gasteiger charge is -2.14. The molecule has 0 atom stereocenters. The van der Waals surface area contributed by atoms with Crippen molar-refractivity contribution in [3.8, 4) is 5.88 Å². The average molecular weight is 416 g/mol. The smallest absolute Gasteiger partial charge is 0.318 e. The molecule has 0 spiro atoms. The van der Waals surface area contributed by atoms with E-state index in [-0.39, 0.29) is 17.3 Å². The molecule has 1 heterocycles. The van der Waals surface area contributed by atoms with Gasteiger partial charge in [-0.1, -0.05) is 18.2 Å². The molecular formula is C19H20N4O5S. The Labute approximate surface area is 167 Å². The molecule has 0 aliphatic carbocycles. The largest absolute Gasteiger partial charge is 0.494 e. The third-order valence-corrected chi connectivity index (χ3v) is 6.17. The van der Waals surface area contributed by atoms with Gasteiger partial charge in [0.05, 0.1) is 16.1 Å². The number of hydrogen-bond acceptors (Lipinski definition) is 6. The van der Waals surface area contributed by atoms with Crippen LogP contribution in [0.4, 0.5) is 5.69 Å². The molecule has 0 radical (unpaired) electrons. The second kappa shape index (κ2) is 8.03. The van der Waals surface area contributed by atoms with E-state index in [1.807, 2.05) is 12.1 Å². The van der Waals surface area contributed by atoms with E-state index in [1.165, 1.54) is 31.5 Å². The highest BCUT2D eigenvalue weighted by Gasteiger charge is 2.23. The molecule has 152 valence electrons. The number of H-pyrrole nitrogens is 1. The normalized spacial score (nSPS) is 12.2. The van der Waals surface area contributed by atoms with Gasteiger partial charge < -0.3 is 20.9 Å². The Kier molecular flexibility index (Phi) is 5.69. The van der Waals surface area contributed by atoms with Gasteiger partial charge in [-0.05, 0) is 29.8 Å². The van der Waals surface area contributed by atoms with E-state index in [9.17, 15) is 18.3 Å². The molecule has 0 saturated carbocycles. The lowest BCUT2D eigenvalue weighted by atomic mass is 10.1. The van der Waals surface area contributed by atoms with E-state index in [2.05, 4.69) is 9.98 Å².